The van der Waals surface area contributed by atoms with Crippen molar-refractivity contribution in [1.29, 1.82) is 0 Å². The fraction of sp³-hybridized carbons (Fsp3) is 0.545. The fourth-order valence-corrected chi connectivity index (χ4v) is 1.53. The molecule has 84 valence electrons. The van der Waals surface area contributed by atoms with E-state index in [1.807, 2.05) is 32.4 Å². The third-order valence-corrected chi connectivity index (χ3v) is 2.14. The van der Waals surface area contributed by atoms with Crippen molar-refractivity contribution >= 4 is 0 Å². The lowest BCUT2D eigenvalue weighted by Crippen LogP contribution is -2.35. The van der Waals surface area contributed by atoms with Gasteiger partial charge in [-0.25, -0.2) is 0 Å². The van der Waals surface area contributed by atoms with Gasteiger partial charge in [0.15, 0.2) is 0 Å². The molecule has 1 aromatic rings. The molecule has 0 aromatic carbocycles. The van der Waals surface area contributed by atoms with Gasteiger partial charge < -0.3 is 10.4 Å². The Labute approximate surface area is 90.9 Å². The number of aliphatic hydroxyl groups is 1. The predicted octanol–water partition coefficient (Wildman–Crippen LogP) is 0.0937. The molecule has 1 heterocycles. The zero-order chi connectivity index (χ0) is 11.1. The minimum absolute atomic E-state index is 0.323. The maximum absolute atomic E-state index is 9.58. The summed E-state index contributed by atoms with van der Waals surface area (Å²) in [5, 5.41) is 12.5. The Kier molecular flexibility index (Phi) is 5.25. The van der Waals surface area contributed by atoms with E-state index in [-0.39, 0.29) is 6.10 Å². The average molecular weight is 209 g/mol. The number of aromatic nitrogens is 1. The molecule has 0 saturated heterocycles. The molecule has 0 radical (unpaired) electrons. The first kappa shape index (κ1) is 12.1. The van der Waals surface area contributed by atoms with Gasteiger partial charge in [0.05, 0.1) is 6.10 Å². The first-order chi connectivity index (χ1) is 7.22. The van der Waals surface area contributed by atoms with Gasteiger partial charge in [-0.15, -0.1) is 0 Å². The summed E-state index contributed by atoms with van der Waals surface area (Å²) in [5.41, 5.74) is 1.16. The van der Waals surface area contributed by atoms with Crippen LogP contribution in [0.1, 0.15) is 5.56 Å². The average Bonchev–Trinajstić information content (AvgIpc) is 2.19. The summed E-state index contributed by atoms with van der Waals surface area (Å²) in [6.45, 7) is 2.10. The van der Waals surface area contributed by atoms with Crippen molar-refractivity contribution in [2.75, 3.05) is 27.2 Å². The van der Waals surface area contributed by atoms with E-state index < -0.39 is 0 Å². The summed E-state index contributed by atoms with van der Waals surface area (Å²) in [6.07, 6.45) is 3.29. The first-order valence-corrected chi connectivity index (χ1v) is 5.12. The number of hydrogen-bond acceptors (Lipinski definition) is 4. The second kappa shape index (κ2) is 6.50. The Morgan fingerprint density at radius 2 is 2.40 bits per heavy atom. The van der Waals surface area contributed by atoms with Crippen molar-refractivity contribution in [3.05, 3.63) is 30.1 Å². The van der Waals surface area contributed by atoms with Gasteiger partial charge in [-0.05, 0) is 25.7 Å². The van der Waals surface area contributed by atoms with Crippen LogP contribution in [0.5, 0.6) is 0 Å². The molecule has 0 fully saturated rings. The van der Waals surface area contributed by atoms with Crippen molar-refractivity contribution in [2.45, 2.75) is 12.6 Å². The molecule has 15 heavy (non-hydrogen) atoms. The van der Waals surface area contributed by atoms with Crippen molar-refractivity contribution in [3.63, 3.8) is 0 Å². The highest BCUT2D eigenvalue weighted by atomic mass is 16.3. The van der Waals surface area contributed by atoms with Crippen molar-refractivity contribution in [3.8, 4) is 0 Å². The maximum Gasteiger partial charge on any atom is 0.0791 e. The number of pyridine rings is 1. The van der Waals surface area contributed by atoms with Gasteiger partial charge in [0.2, 0.25) is 0 Å². The van der Waals surface area contributed by atoms with E-state index in [2.05, 4.69) is 15.2 Å². The molecule has 0 bridgehead atoms. The molecule has 0 aliphatic rings. The molecule has 4 heteroatoms. The summed E-state index contributed by atoms with van der Waals surface area (Å²) >= 11 is 0. The Morgan fingerprint density at radius 1 is 1.60 bits per heavy atom. The Morgan fingerprint density at radius 3 is 3.00 bits per heavy atom. The molecule has 2 N–H and O–H groups in total. The summed E-state index contributed by atoms with van der Waals surface area (Å²) in [7, 11) is 3.83. The van der Waals surface area contributed by atoms with E-state index >= 15 is 0 Å². The topological polar surface area (TPSA) is 48.4 Å². The number of likely N-dealkylation sites (N-methyl/N-ethyl adjacent to an activating group) is 2. The predicted molar refractivity (Wildman–Crippen MR) is 60.5 cm³/mol. The van der Waals surface area contributed by atoms with Gasteiger partial charge in [0.1, 0.15) is 0 Å². The SMILES string of the molecule is CNCC(O)CN(C)Cc1cccnc1. The zero-order valence-electron chi connectivity index (χ0n) is 9.35. The van der Waals surface area contributed by atoms with E-state index in [4.69, 9.17) is 0 Å². The van der Waals surface area contributed by atoms with E-state index in [1.165, 1.54) is 0 Å². The van der Waals surface area contributed by atoms with Gasteiger partial charge in [0.25, 0.3) is 0 Å². The minimum atomic E-state index is -0.323. The summed E-state index contributed by atoms with van der Waals surface area (Å²) < 4.78 is 0. The van der Waals surface area contributed by atoms with E-state index in [1.54, 1.807) is 6.20 Å². The Bertz CT molecular complexity index is 266. The summed E-state index contributed by atoms with van der Waals surface area (Å²) in [4.78, 5) is 6.13. The molecule has 1 atom stereocenters. The van der Waals surface area contributed by atoms with Crippen LogP contribution in [0.25, 0.3) is 0 Å². The fourth-order valence-electron chi connectivity index (χ4n) is 1.53. The van der Waals surface area contributed by atoms with Gasteiger partial charge in [0, 0.05) is 32.0 Å². The lowest BCUT2D eigenvalue weighted by molar-refractivity contribution is 0.123. The molecular weight excluding hydrogens is 190 g/mol. The third-order valence-electron chi connectivity index (χ3n) is 2.14. The monoisotopic (exact) mass is 209 g/mol. The quantitative estimate of drug-likeness (QED) is 0.697. The van der Waals surface area contributed by atoms with Crippen LogP contribution >= 0.6 is 0 Å². The highest BCUT2D eigenvalue weighted by Gasteiger charge is 2.07. The van der Waals surface area contributed by atoms with Crippen LogP contribution in [-0.2, 0) is 6.54 Å². The minimum Gasteiger partial charge on any atom is -0.390 e. The smallest absolute Gasteiger partial charge is 0.0791 e. The summed E-state index contributed by atoms with van der Waals surface area (Å²) in [5.74, 6) is 0. The lowest BCUT2D eigenvalue weighted by atomic mass is 10.2. The standard InChI is InChI=1S/C11H19N3O/c1-12-7-11(15)9-14(2)8-10-4-3-5-13-6-10/h3-6,11-12,15H,7-9H2,1-2H3. The second-order valence-electron chi connectivity index (χ2n) is 3.77. The summed E-state index contributed by atoms with van der Waals surface area (Å²) in [6, 6.07) is 3.96. The lowest BCUT2D eigenvalue weighted by Gasteiger charge is -2.20. The normalized spacial score (nSPS) is 13.1. The number of nitrogens with zero attached hydrogens (tertiary/aromatic N) is 2. The van der Waals surface area contributed by atoms with Crippen LogP contribution in [0.2, 0.25) is 0 Å². The molecule has 0 saturated carbocycles. The highest BCUT2D eigenvalue weighted by Crippen LogP contribution is 2.00. The zero-order valence-corrected chi connectivity index (χ0v) is 9.35. The molecule has 0 amide bonds. The van der Waals surface area contributed by atoms with E-state index in [0.29, 0.717) is 13.1 Å². The van der Waals surface area contributed by atoms with Crippen LogP contribution < -0.4 is 5.32 Å². The van der Waals surface area contributed by atoms with E-state index in [0.717, 1.165) is 12.1 Å². The third kappa shape index (κ3) is 4.88. The Hall–Kier alpha value is -0.970. The van der Waals surface area contributed by atoms with Crippen LogP contribution in [0.4, 0.5) is 0 Å². The largest absolute Gasteiger partial charge is 0.390 e. The Balaban J connectivity index is 2.33. The number of aliphatic hydroxyl groups excluding tert-OH is 1. The molecule has 1 unspecified atom stereocenters. The highest BCUT2D eigenvalue weighted by molar-refractivity contribution is 5.07. The van der Waals surface area contributed by atoms with E-state index in [9.17, 15) is 5.11 Å². The molecular formula is C11H19N3O. The molecule has 1 rings (SSSR count). The second-order valence-corrected chi connectivity index (χ2v) is 3.77. The number of nitrogens with one attached hydrogen (secondary N) is 1. The van der Waals surface area contributed by atoms with Crippen molar-refractivity contribution in [2.24, 2.45) is 0 Å². The van der Waals surface area contributed by atoms with Gasteiger partial charge in [-0.2, -0.15) is 0 Å². The van der Waals surface area contributed by atoms with Crippen LogP contribution in [0.15, 0.2) is 24.5 Å². The first-order valence-electron chi connectivity index (χ1n) is 5.12. The molecule has 1 aromatic heterocycles. The molecule has 4 nitrogen and oxygen atoms in total. The number of rotatable bonds is 6. The van der Waals surface area contributed by atoms with Crippen LogP contribution in [0.3, 0.4) is 0 Å². The van der Waals surface area contributed by atoms with Gasteiger partial charge in [-0.1, -0.05) is 6.07 Å². The molecule has 0 aliphatic carbocycles. The maximum atomic E-state index is 9.58. The number of hydrogen-bond donors (Lipinski definition) is 2. The molecule has 0 spiro atoms. The van der Waals surface area contributed by atoms with Crippen LogP contribution in [0, 0.1) is 0 Å². The van der Waals surface area contributed by atoms with Crippen LogP contribution in [-0.4, -0.2) is 48.3 Å². The van der Waals surface area contributed by atoms with Gasteiger partial charge >= 0.3 is 0 Å². The molecule has 0 aliphatic heterocycles. The van der Waals surface area contributed by atoms with Crippen molar-refractivity contribution in [1.82, 2.24) is 15.2 Å². The van der Waals surface area contributed by atoms with Gasteiger partial charge in [-0.3, -0.25) is 9.88 Å². The van der Waals surface area contributed by atoms with Crippen molar-refractivity contribution < 1.29 is 5.11 Å².